The first-order valence-corrected chi connectivity index (χ1v) is 11.6. The summed E-state index contributed by atoms with van der Waals surface area (Å²) in [5, 5.41) is 2.74. The number of anilines is 1. The number of aryl methyl sites for hydroxylation is 1. The van der Waals surface area contributed by atoms with Gasteiger partial charge in [0.25, 0.3) is 5.91 Å². The van der Waals surface area contributed by atoms with E-state index >= 15 is 0 Å². The van der Waals surface area contributed by atoms with Gasteiger partial charge in [0, 0.05) is 45.4 Å². The molecule has 1 aliphatic rings. The number of hydrogen-bond donors (Lipinski definition) is 1. The molecule has 0 bridgehead atoms. The first-order chi connectivity index (χ1) is 14.9. The number of amides is 1. The standard InChI is InChI=1S/C22H29N3O5S/c1-17-8-9-18(16-19(17)22(26)23-10-15-29-2)31(27,28)25-13-11-24(12-14-25)20-6-4-5-7-21(20)30-3/h4-9,16H,10-15H2,1-3H3,(H,23,26). The molecule has 3 rings (SSSR count). The molecule has 2 aromatic rings. The Kier molecular flexibility index (Phi) is 7.53. The number of para-hydroxylation sites is 2. The lowest BCUT2D eigenvalue weighted by molar-refractivity contribution is 0.0936. The second-order valence-corrected chi connectivity index (χ2v) is 9.23. The number of rotatable bonds is 8. The van der Waals surface area contributed by atoms with Crippen molar-refractivity contribution in [3.8, 4) is 5.75 Å². The number of carbonyl (C=O) groups excluding carboxylic acids is 1. The third-order valence-electron chi connectivity index (χ3n) is 5.35. The second kappa shape index (κ2) is 10.1. The maximum absolute atomic E-state index is 13.2. The van der Waals surface area contributed by atoms with Crippen molar-refractivity contribution in [2.24, 2.45) is 0 Å². The van der Waals surface area contributed by atoms with Gasteiger partial charge in [0.2, 0.25) is 10.0 Å². The molecule has 1 fully saturated rings. The lowest BCUT2D eigenvalue weighted by atomic mass is 10.1. The topological polar surface area (TPSA) is 88.2 Å². The summed E-state index contributed by atoms with van der Waals surface area (Å²) in [6, 6.07) is 12.4. The Bertz CT molecular complexity index is 1020. The third kappa shape index (κ3) is 5.17. The number of ether oxygens (including phenoxy) is 2. The maximum Gasteiger partial charge on any atom is 0.251 e. The summed E-state index contributed by atoms with van der Waals surface area (Å²) in [7, 11) is -0.532. The van der Waals surface area contributed by atoms with E-state index in [9.17, 15) is 13.2 Å². The zero-order chi connectivity index (χ0) is 22.4. The van der Waals surface area contributed by atoms with Gasteiger partial charge in [0.1, 0.15) is 5.75 Å². The highest BCUT2D eigenvalue weighted by Crippen LogP contribution is 2.29. The van der Waals surface area contributed by atoms with Gasteiger partial charge in [-0.3, -0.25) is 4.79 Å². The average Bonchev–Trinajstić information content (AvgIpc) is 2.79. The van der Waals surface area contributed by atoms with Gasteiger partial charge in [-0.05, 0) is 36.8 Å². The molecule has 0 radical (unpaired) electrons. The lowest BCUT2D eigenvalue weighted by Gasteiger charge is -2.36. The molecular weight excluding hydrogens is 418 g/mol. The van der Waals surface area contributed by atoms with Crippen LogP contribution in [0, 0.1) is 6.92 Å². The molecule has 1 amide bonds. The van der Waals surface area contributed by atoms with Gasteiger partial charge in [-0.1, -0.05) is 18.2 Å². The number of carbonyl (C=O) groups is 1. The molecule has 0 unspecified atom stereocenters. The summed E-state index contributed by atoms with van der Waals surface area (Å²) in [4.78, 5) is 14.7. The molecule has 0 aliphatic carbocycles. The Labute approximate surface area is 183 Å². The molecule has 9 heteroatoms. The van der Waals surface area contributed by atoms with E-state index in [4.69, 9.17) is 9.47 Å². The quantitative estimate of drug-likeness (QED) is 0.622. The summed E-state index contributed by atoms with van der Waals surface area (Å²) in [5.74, 6) is 0.453. The fourth-order valence-corrected chi connectivity index (χ4v) is 5.03. The van der Waals surface area contributed by atoms with Crippen LogP contribution in [0.2, 0.25) is 0 Å². The van der Waals surface area contributed by atoms with Crippen molar-refractivity contribution in [2.75, 3.05) is 58.5 Å². The summed E-state index contributed by atoms with van der Waals surface area (Å²) >= 11 is 0. The molecule has 0 atom stereocenters. The molecule has 1 N–H and O–H groups in total. The van der Waals surface area contributed by atoms with E-state index in [0.717, 1.165) is 17.0 Å². The largest absolute Gasteiger partial charge is 0.495 e. The van der Waals surface area contributed by atoms with Crippen molar-refractivity contribution in [1.82, 2.24) is 9.62 Å². The van der Waals surface area contributed by atoms with Crippen molar-refractivity contribution in [1.29, 1.82) is 0 Å². The fourth-order valence-electron chi connectivity index (χ4n) is 3.58. The molecular formula is C22H29N3O5S. The van der Waals surface area contributed by atoms with Crippen molar-refractivity contribution < 1.29 is 22.7 Å². The normalized spacial score (nSPS) is 15.0. The van der Waals surface area contributed by atoms with E-state index < -0.39 is 10.0 Å². The second-order valence-electron chi connectivity index (χ2n) is 7.29. The van der Waals surface area contributed by atoms with Crippen LogP contribution in [0.4, 0.5) is 5.69 Å². The van der Waals surface area contributed by atoms with Crippen LogP contribution >= 0.6 is 0 Å². The van der Waals surface area contributed by atoms with Crippen molar-refractivity contribution in [2.45, 2.75) is 11.8 Å². The molecule has 0 spiro atoms. The average molecular weight is 448 g/mol. The number of piperazine rings is 1. The van der Waals surface area contributed by atoms with Crippen molar-refractivity contribution >= 4 is 21.6 Å². The molecule has 168 valence electrons. The van der Waals surface area contributed by atoms with E-state index in [1.54, 1.807) is 33.3 Å². The highest BCUT2D eigenvalue weighted by molar-refractivity contribution is 7.89. The van der Waals surface area contributed by atoms with Crippen LogP contribution in [0.25, 0.3) is 0 Å². The minimum Gasteiger partial charge on any atom is -0.495 e. The maximum atomic E-state index is 13.2. The first kappa shape index (κ1) is 23.1. The third-order valence-corrected chi connectivity index (χ3v) is 7.24. The number of nitrogens with zero attached hydrogens (tertiary/aromatic N) is 2. The van der Waals surface area contributed by atoms with Crippen LogP contribution in [-0.4, -0.2) is 72.2 Å². The highest BCUT2D eigenvalue weighted by Gasteiger charge is 2.30. The van der Waals surface area contributed by atoms with Gasteiger partial charge in [-0.2, -0.15) is 4.31 Å². The smallest absolute Gasteiger partial charge is 0.251 e. The Morgan fingerprint density at radius 1 is 1.06 bits per heavy atom. The van der Waals surface area contributed by atoms with Gasteiger partial charge in [0.15, 0.2) is 0 Å². The van der Waals surface area contributed by atoms with E-state index in [1.165, 1.54) is 10.4 Å². The minimum absolute atomic E-state index is 0.126. The predicted molar refractivity (Wildman–Crippen MR) is 119 cm³/mol. The zero-order valence-corrected chi connectivity index (χ0v) is 18.9. The van der Waals surface area contributed by atoms with Crippen molar-refractivity contribution in [3.63, 3.8) is 0 Å². The van der Waals surface area contributed by atoms with Crippen LogP contribution in [-0.2, 0) is 14.8 Å². The molecule has 31 heavy (non-hydrogen) atoms. The van der Waals surface area contributed by atoms with Gasteiger partial charge in [0.05, 0.1) is 24.3 Å². The summed E-state index contributed by atoms with van der Waals surface area (Å²) in [5.41, 5.74) is 2.02. The lowest BCUT2D eigenvalue weighted by Crippen LogP contribution is -2.48. The Morgan fingerprint density at radius 2 is 1.77 bits per heavy atom. The zero-order valence-electron chi connectivity index (χ0n) is 18.1. The molecule has 1 heterocycles. The van der Waals surface area contributed by atoms with E-state index in [1.807, 2.05) is 24.3 Å². The number of sulfonamides is 1. The molecule has 2 aromatic carbocycles. The van der Waals surface area contributed by atoms with Crippen LogP contribution in [0.1, 0.15) is 15.9 Å². The molecule has 0 saturated carbocycles. The summed E-state index contributed by atoms with van der Waals surface area (Å²) < 4.78 is 38.3. The van der Waals surface area contributed by atoms with Crippen molar-refractivity contribution in [3.05, 3.63) is 53.6 Å². The molecule has 0 aromatic heterocycles. The summed E-state index contributed by atoms with van der Waals surface area (Å²) in [6.07, 6.45) is 0. The fraction of sp³-hybridized carbons (Fsp3) is 0.409. The van der Waals surface area contributed by atoms with Crippen LogP contribution < -0.4 is 15.0 Å². The van der Waals surface area contributed by atoms with E-state index in [2.05, 4.69) is 10.2 Å². The highest BCUT2D eigenvalue weighted by atomic mass is 32.2. The Hall–Kier alpha value is -2.62. The predicted octanol–water partition coefficient (Wildman–Crippen LogP) is 1.89. The first-order valence-electron chi connectivity index (χ1n) is 10.1. The molecule has 1 saturated heterocycles. The monoisotopic (exact) mass is 447 g/mol. The number of benzene rings is 2. The van der Waals surface area contributed by atoms with Gasteiger partial charge < -0.3 is 19.7 Å². The number of hydrogen-bond acceptors (Lipinski definition) is 6. The summed E-state index contributed by atoms with van der Waals surface area (Å²) in [6.45, 7) is 4.34. The molecule has 1 aliphatic heterocycles. The van der Waals surface area contributed by atoms with E-state index in [-0.39, 0.29) is 10.8 Å². The number of methoxy groups -OCH3 is 2. The van der Waals surface area contributed by atoms with E-state index in [0.29, 0.717) is 44.9 Å². The SMILES string of the molecule is COCCNC(=O)c1cc(S(=O)(=O)N2CCN(c3ccccc3OC)CC2)ccc1C. The van der Waals surface area contributed by atoms with Crippen LogP contribution in [0.3, 0.4) is 0 Å². The van der Waals surface area contributed by atoms with Gasteiger partial charge in [-0.15, -0.1) is 0 Å². The Morgan fingerprint density at radius 3 is 2.45 bits per heavy atom. The van der Waals surface area contributed by atoms with Crippen LogP contribution in [0.15, 0.2) is 47.4 Å². The number of nitrogens with one attached hydrogen (secondary N) is 1. The Balaban J connectivity index is 1.74. The minimum atomic E-state index is -3.71. The van der Waals surface area contributed by atoms with Gasteiger partial charge in [-0.25, -0.2) is 8.42 Å². The molecule has 8 nitrogen and oxygen atoms in total. The van der Waals surface area contributed by atoms with Gasteiger partial charge >= 0.3 is 0 Å². The van der Waals surface area contributed by atoms with Crippen LogP contribution in [0.5, 0.6) is 5.75 Å².